The molecule has 0 aliphatic carbocycles. The van der Waals surface area contributed by atoms with E-state index in [1.807, 2.05) is 6.92 Å². The van der Waals surface area contributed by atoms with Crippen LogP contribution in [0.3, 0.4) is 0 Å². The van der Waals surface area contributed by atoms with E-state index in [2.05, 4.69) is 40.3 Å². The molecule has 1 N–H and O–H groups in total. The molecular weight excluding hydrogens is 262 g/mol. The third-order valence-corrected chi connectivity index (χ3v) is 3.62. The minimum absolute atomic E-state index is 0.305. The summed E-state index contributed by atoms with van der Waals surface area (Å²) in [6.45, 7) is 3.39. The molecule has 1 saturated heterocycles. The lowest BCUT2D eigenvalue weighted by atomic mass is 9.98. The topological polar surface area (TPSA) is 58.9 Å². The predicted molar refractivity (Wildman–Crippen MR) is 77.1 cm³/mol. The molecule has 1 aromatic heterocycles. The largest absolute Gasteiger partial charge is 0.381 e. The molecule has 0 saturated carbocycles. The van der Waals surface area contributed by atoms with Crippen molar-refractivity contribution >= 4 is 6.21 Å². The van der Waals surface area contributed by atoms with Crippen molar-refractivity contribution in [2.75, 3.05) is 13.2 Å². The highest BCUT2D eigenvalue weighted by atomic mass is 16.5. The molecular formula is C17H14N3O. The number of rotatable bonds is 3. The first-order valence-electron chi connectivity index (χ1n) is 6.90. The Kier molecular flexibility index (Phi) is 3.81. The minimum Gasteiger partial charge on any atom is -0.381 e. The molecule has 1 aromatic carbocycles. The zero-order valence-corrected chi connectivity index (χ0v) is 11.8. The minimum atomic E-state index is 0.305. The number of ether oxygens (including phenoxy) is 1. The van der Waals surface area contributed by atoms with Crippen LogP contribution in [0.5, 0.6) is 0 Å². The van der Waals surface area contributed by atoms with Gasteiger partial charge in [-0.05, 0) is 38.0 Å². The molecule has 3 rings (SSSR count). The van der Waals surface area contributed by atoms with Crippen LogP contribution >= 0.6 is 0 Å². The van der Waals surface area contributed by atoms with Crippen LogP contribution in [0.4, 0.5) is 0 Å². The van der Waals surface area contributed by atoms with Crippen LogP contribution in [0.2, 0.25) is 0 Å². The van der Waals surface area contributed by atoms with Crippen LogP contribution in [-0.4, -0.2) is 29.4 Å². The maximum Gasteiger partial charge on any atom is 0.132 e. The summed E-state index contributed by atoms with van der Waals surface area (Å²) in [6.07, 6.45) is 3.13. The van der Waals surface area contributed by atoms with Crippen molar-refractivity contribution in [2.24, 2.45) is 0 Å². The van der Waals surface area contributed by atoms with Gasteiger partial charge in [0.25, 0.3) is 0 Å². The maximum absolute atomic E-state index is 7.61. The second-order valence-electron chi connectivity index (χ2n) is 4.96. The number of nitrogens with one attached hydrogen (secondary N) is 1. The van der Waals surface area contributed by atoms with E-state index < -0.39 is 0 Å². The molecule has 0 unspecified atom stereocenters. The highest BCUT2D eigenvalue weighted by Crippen LogP contribution is 2.28. The molecule has 1 aliphatic rings. The van der Waals surface area contributed by atoms with Crippen molar-refractivity contribution < 1.29 is 4.74 Å². The van der Waals surface area contributed by atoms with Crippen molar-refractivity contribution in [3.63, 3.8) is 0 Å². The zero-order valence-electron chi connectivity index (χ0n) is 11.8. The molecule has 2 aromatic rings. The molecule has 1 aliphatic heterocycles. The molecule has 0 amide bonds. The summed E-state index contributed by atoms with van der Waals surface area (Å²) in [5.74, 6) is 1.12. The standard InChI is InChI=1S/C17H14N3O/c1-12-15(11-18)16(13-5-3-2-4-6-13)20-17(19-12)14-7-9-21-10-8-14/h11,14,18H,7-10H2,1H3. The smallest absolute Gasteiger partial charge is 0.132 e. The second-order valence-corrected chi connectivity index (χ2v) is 4.96. The quantitative estimate of drug-likeness (QED) is 0.875. The van der Waals surface area contributed by atoms with E-state index in [1.54, 1.807) is 0 Å². The molecule has 4 nitrogen and oxygen atoms in total. The van der Waals surface area contributed by atoms with E-state index in [1.165, 1.54) is 6.21 Å². The number of hydrogen-bond donors (Lipinski definition) is 1. The lowest BCUT2D eigenvalue weighted by Gasteiger charge is -2.22. The van der Waals surface area contributed by atoms with Gasteiger partial charge < -0.3 is 10.1 Å². The first-order valence-corrected chi connectivity index (χ1v) is 6.90. The third kappa shape index (κ3) is 2.72. The van der Waals surface area contributed by atoms with Gasteiger partial charge in [0.2, 0.25) is 0 Å². The van der Waals surface area contributed by atoms with Gasteiger partial charge in [-0.2, -0.15) is 0 Å². The summed E-state index contributed by atoms with van der Waals surface area (Å²) in [6, 6.07) is 14.0. The highest BCUT2D eigenvalue weighted by Gasteiger charge is 2.21. The molecule has 0 spiro atoms. The summed E-state index contributed by atoms with van der Waals surface area (Å²) in [7, 11) is 0. The molecule has 4 heteroatoms. The average Bonchev–Trinajstić information content (AvgIpc) is 2.55. The molecule has 1 fully saturated rings. The van der Waals surface area contributed by atoms with Crippen molar-refractivity contribution in [1.29, 1.82) is 5.41 Å². The van der Waals surface area contributed by atoms with E-state index in [0.29, 0.717) is 22.7 Å². The van der Waals surface area contributed by atoms with Gasteiger partial charge in [-0.15, -0.1) is 0 Å². The molecule has 21 heavy (non-hydrogen) atoms. The van der Waals surface area contributed by atoms with Crippen LogP contribution in [0.1, 0.15) is 35.8 Å². The van der Waals surface area contributed by atoms with Crippen molar-refractivity contribution in [3.8, 4) is 11.3 Å². The molecule has 0 atom stereocenters. The fourth-order valence-corrected chi connectivity index (χ4v) is 2.47. The normalized spacial score (nSPS) is 15.1. The van der Waals surface area contributed by atoms with Gasteiger partial charge in [0.1, 0.15) is 5.82 Å². The number of aromatic nitrogens is 2. The van der Waals surface area contributed by atoms with E-state index in [4.69, 9.17) is 10.1 Å². The van der Waals surface area contributed by atoms with E-state index >= 15 is 0 Å². The van der Waals surface area contributed by atoms with Gasteiger partial charge in [-0.25, -0.2) is 9.97 Å². The van der Waals surface area contributed by atoms with Gasteiger partial charge >= 0.3 is 0 Å². The van der Waals surface area contributed by atoms with E-state index in [9.17, 15) is 0 Å². The van der Waals surface area contributed by atoms with Crippen molar-refractivity contribution in [1.82, 2.24) is 9.97 Å². The summed E-state index contributed by atoms with van der Waals surface area (Å²) in [5.41, 5.74) is 2.80. The monoisotopic (exact) mass is 276 g/mol. The molecule has 103 valence electrons. The van der Waals surface area contributed by atoms with Crippen LogP contribution in [0.15, 0.2) is 0 Å². The number of hydrogen-bond acceptors (Lipinski definition) is 4. The number of nitrogens with zero attached hydrogens (tertiary/aromatic N) is 2. The molecule has 1 radical (unpaired) electrons. The Morgan fingerprint density at radius 3 is 2.67 bits per heavy atom. The SMILES string of the molecule is Cc1nc(C2CCOCC2)nc(-c2[c]c#cc#c2)c1C=N. The lowest BCUT2D eigenvalue weighted by Crippen LogP contribution is -2.17. The third-order valence-electron chi connectivity index (χ3n) is 3.62. The van der Waals surface area contributed by atoms with Crippen LogP contribution in [0.25, 0.3) is 11.3 Å². The summed E-state index contributed by atoms with van der Waals surface area (Å²) < 4.78 is 5.39. The Labute approximate surface area is 124 Å². The van der Waals surface area contributed by atoms with Crippen LogP contribution in [0, 0.1) is 42.7 Å². The van der Waals surface area contributed by atoms with Crippen LogP contribution in [-0.2, 0) is 4.74 Å². The van der Waals surface area contributed by atoms with Gasteiger partial charge in [0.15, 0.2) is 0 Å². The first kappa shape index (κ1) is 13.5. The van der Waals surface area contributed by atoms with Gasteiger partial charge in [-0.1, -0.05) is 6.07 Å². The van der Waals surface area contributed by atoms with E-state index in [-0.39, 0.29) is 0 Å². The maximum atomic E-state index is 7.61. The summed E-state index contributed by atoms with van der Waals surface area (Å²) in [5, 5.41) is 7.61. The predicted octanol–water partition coefficient (Wildman–Crippen LogP) is 2.34. The van der Waals surface area contributed by atoms with Gasteiger partial charge in [-0.3, -0.25) is 0 Å². The van der Waals surface area contributed by atoms with E-state index in [0.717, 1.165) is 37.6 Å². The van der Waals surface area contributed by atoms with Gasteiger partial charge in [0, 0.05) is 30.9 Å². The fraction of sp³-hybridized carbons (Fsp3) is 0.353. The summed E-state index contributed by atoms with van der Waals surface area (Å²) in [4.78, 5) is 9.24. The van der Waals surface area contributed by atoms with Crippen molar-refractivity contribution in [2.45, 2.75) is 25.7 Å². The zero-order chi connectivity index (χ0) is 14.7. The highest BCUT2D eigenvalue weighted by molar-refractivity contribution is 5.87. The Morgan fingerprint density at radius 1 is 1.19 bits per heavy atom. The Morgan fingerprint density at radius 2 is 2.00 bits per heavy atom. The first-order chi connectivity index (χ1) is 10.3. The fourth-order valence-electron chi connectivity index (χ4n) is 2.47. The van der Waals surface area contributed by atoms with Gasteiger partial charge in [0.05, 0.1) is 23.0 Å². The van der Waals surface area contributed by atoms with Crippen molar-refractivity contribution in [3.05, 3.63) is 47.4 Å². The lowest BCUT2D eigenvalue weighted by molar-refractivity contribution is 0.0835. The molecule has 2 heterocycles. The Bertz CT molecular complexity index is 634. The Hall–Kier alpha value is -2.43. The van der Waals surface area contributed by atoms with Crippen LogP contribution < -0.4 is 0 Å². The molecule has 0 bridgehead atoms. The summed E-state index contributed by atoms with van der Waals surface area (Å²) >= 11 is 0. The number of aryl methyl sites for hydroxylation is 1. The second kappa shape index (κ2) is 5.91. The Balaban J connectivity index is 2.08. The average molecular weight is 276 g/mol.